The Kier molecular flexibility index (Phi) is 69.0. The standard InChI is InChI=1S/C80H156O17P2/c1-8-9-10-11-12-13-14-15-16-17-18-23-29-34-41-49-56-63-79(84)96-75(67-90-77(82)61-54-47-40-33-28-24-19-21-26-31-37-44-51-58-71(2)3)69-94-98(86,87)92-65-74(81)66-93-99(88,89)95-70-76(68-91-78(83)62-55-48-43-36-39-46-53-60-73(6)7)97-80(85)64-57-50-42-35-30-25-20-22-27-32-38-45-52-59-72(4)5/h71-76,81H,8-70H2,1-7H3,(H,86,87)(H,88,89)/t74-,75-,76-/m1/s1. The average molecular weight is 1450 g/mol. The van der Waals surface area contributed by atoms with Gasteiger partial charge in [0.15, 0.2) is 12.2 Å². The van der Waals surface area contributed by atoms with Crippen LogP contribution in [0.3, 0.4) is 0 Å². The average Bonchev–Trinajstić information content (AvgIpc) is 1.01. The first kappa shape index (κ1) is 97.1. The fourth-order valence-corrected chi connectivity index (χ4v) is 13.9. The van der Waals surface area contributed by atoms with Gasteiger partial charge < -0.3 is 33.8 Å². The Hall–Kier alpha value is -1.94. The topological polar surface area (TPSA) is 237 Å². The van der Waals surface area contributed by atoms with Crippen molar-refractivity contribution in [2.75, 3.05) is 39.6 Å². The maximum absolute atomic E-state index is 13.1. The number of esters is 4. The van der Waals surface area contributed by atoms with Gasteiger partial charge in [-0.05, 0) is 43.4 Å². The van der Waals surface area contributed by atoms with E-state index in [1.165, 1.54) is 218 Å². The lowest BCUT2D eigenvalue weighted by Gasteiger charge is -2.21. The Labute approximate surface area is 607 Å². The number of carbonyl (C=O) groups is 4. The van der Waals surface area contributed by atoms with Crippen molar-refractivity contribution in [1.82, 2.24) is 0 Å². The van der Waals surface area contributed by atoms with Gasteiger partial charge in [-0.2, -0.15) is 0 Å². The highest BCUT2D eigenvalue weighted by Crippen LogP contribution is 2.45. The highest BCUT2D eigenvalue weighted by Gasteiger charge is 2.30. The molecule has 0 aliphatic heterocycles. The van der Waals surface area contributed by atoms with E-state index in [0.717, 1.165) is 108 Å². The van der Waals surface area contributed by atoms with Crippen LogP contribution in [-0.4, -0.2) is 96.7 Å². The molecule has 0 amide bonds. The van der Waals surface area contributed by atoms with Crippen LogP contribution in [0.25, 0.3) is 0 Å². The zero-order valence-corrected chi connectivity index (χ0v) is 66.8. The number of phosphoric ester groups is 2. The third-order valence-corrected chi connectivity index (χ3v) is 20.5. The second-order valence-electron chi connectivity index (χ2n) is 30.2. The van der Waals surface area contributed by atoms with Crippen LogP contribution in [0.15, 0.2) is 0 Å². The minimum Gasteiger partial charge on any atom is -0.462 e. The van der Waals surface area contributed by atoms with E-state index < -0.39 is 97.5 Å². The van der Waals surface area contributed by atoms with Crippen molar-refractivity contribution in [3.63, 3.8) is 0 Å². The van der Waals surface area contributed by atoms with Crippen LogP contribution in [-0.2, 0) is 65.4 Å². The summed E-state index contributed by atoms with van der Waals surface area (Å²) in [7, 11) is -9.92. The SMILES string of the molecule is CCCCCCCCCCCCCCCCCCCC(=O)O[C@H](COC(=O)CCCCCCCCCCCCCCCC(C)C)COP(=O)(O)OC[C@@H](O)COP(=O)(O)OC[C@@H](COC(=O)CCCCCCCCCC(C)C)OC(=O)CCCCCCCCCCCCCCCC(C)C. The molecule has 0 spiro atoms. The molecule has 0 aliphatic carbocycles. The molecule has 0 heterocycles. The molecule has 0 rings (SSSR count). The summed E-state index contributed by atoms with van der Waals surface area (Å²) in [5, 5.41) is 10.6. The highest BCUT2D eigenvalue weighted by atomic mass is 31.2. The summed E-state index contributed by atoms with van der Waals surface area (Å²) in [6.45, 7) is 11.9. The summed E-state index contributed by atoms with van der Waals surface area (Å²) in [4.78, 5) is 73.0. The number of hydrogen-bond acceptors (Lipinski definition) is 15. The van der Waals surface area contributed by atoms with E-state index in [-0.39, 0.29) is 25.7 Å². The maximum atomic E-state index is 13.1. The fourth-order valence-electron chi connectivity index (χ4n) is 12.3. The molecule has 5 atom stereocenters. The predicted octanol–water partition coefficient (Wildman–Crippen LogP) is 23.7. The zero-order valence-electron chi connectivity index (χ0n) is 65.0. The lowest BCUT2D eigenvalue weighted by molar-refractivity contribution is -0.161. The van der Waals surface area contributed by atoms with E-state index in [2.05, 4.69) is 48.5 Å². The first-order chi connectivity index (χ1) is 47.7. The van der Waals surface area contributed by atoms with Crippen LogP contribution in [0, 0.1) is 17.8 Å². The highest BCUT2D eigenvalue weighted by molar-refractivity contribution is 7.47. The first-order valence-corrected chi connectivity index (χ1v) is 44.3. The molecule has 99 heavy (non-hydrogen) atoms. The number of carbonyl (C=O) groups excluding carboxylic acids is 4. The normalized spacial score (nSPS) is 14.0. The Morgan fingerprint density at radius 3 is 0.687 bits per heavy atom. The van der Waals surface area contributed by atoms with Crippen LogP contribution in [0.2, 0.25) is 0 Å². The number of phosphoric acid groups is 2. The minimum atomic E-state index is -4.96. The molecular formula is C80H156O17P2. The molecule has 3 N–H and O–H groups in total. The van der Waals surface area contributed by atoms with Gasteiger partial charge in [0.25, 0.3) is 0 Å². The minimum absolute atomic E-state index is 0.106. The Balaban J connectivity index is 5.25. The van der Waals surface area contributed by atoms with Crippen molar-refractivity contribution >= 4 is 39.5 Å². The molecule has 17 nitrogen and oxygen atoms in total. The van der Waals surface area contributed by atoms with E-state index in [4.69, 9.17) is 37.0 Å². The lowest BCUT2D eigenvalue weighted by Crippen LogP contribution is -2.30. The maximum Gasteiger partial charge on any atom is 0.472 e. The van der Waals surface area contributed by atoms with Crippen molar-refractivity contribution in [2.24, 2.45) is 17.8 Å². The van der Waals surface area contributed by atoms with Gasteiger partial charge in [-0.15, -0.1) is 0 Å². The van der Waals surface area contributed by atoms with Crippen LogP contribution in [0.5, 0.6) is 0 Å². The summed E-state index contributed by atoms with van der Waals surface area (Å²) < 4.78 is 68.7. The summed E-state index contributed by atoms with van der Waals surface area (Å²) in [5.41, 5.74) is 0. The lowest BCUT2D eigenvalue weighted by atomic mass is 10.0. The Morgan fingerprint density at radius 1 is 0.273 bits per heavy atom. The number of rotatable bonds is 78. The van der Waals surface area contributed by atoms with Gasteiger partial charge in [-0.25, -0.2) is 9.13 Å². The largest absolute Gasteiger partial charge is 0.472 e. The molecule has 0 saturated carbocycles. The smallest absolute Gasteiger partial charge is 0.462 e. The summed E-state index contributed by atoms with van der Waals surface area (Å²) in [6.07, 6.45) is 58.3. The molecule has 0 fully saturated rings. The number of unbranched alkanes of at least 4 members (excludes halogenated alkanes) is 46. The molecule has 0 bridgehead atoms. The third-order valence-electron chi connectivity index (χ3n) is 18.6. The molecule has 2 unspecified atom stereocenters. The number of aliphatic hydroxyl groups is 1. The molecule has 0 saturated heterocycles. The van der Waals surface area contributed by atoms with Gasteiger partial charge in [0.05, 0.1) is 26.4 Å². The molecule has 0 aromatic rings. The number of aliphatic hydroxyl groups excluding tert-OH is 1. The zero-order chi connectivity index (χ0) is 73.0. The van der Waals surface area contributed by atoms with E-state index in [0.29, 0.717) is 31.6 Å². The van der Waals surface area contributed by atoms with Gasteiger partial charge in [-0.3, -0.25) is 37.3 Å². The van der Waals surface area contributed by atoms with Gasteiger partial charge in [-0.1, -0.05) is 363 Å². The van der Waals surface area contributed by atoms with Crippen LogP contribution in [0.4, 0.5) is 0 Å². The summed E-state index contributed by atoms with van der Waals surface area (Å²) >= 11 is 0. The number of hydrogen-bond donors (Lipinski definition) is 3. The van der Waals surface area contributed by atoms with E-state index in [1.54, 1.807) is 0 Å². The quantitative estimate of drug-likeness (QED) is 0.0222. The van der Waals surface area contributed by atoms with Crippen molar-refractivity contribution in [3.8, 4) is 0 Å². The molecule has 19 heteroatoms. The fraction of sp³-hybridized carbons (Fsp3) is 0.950. The Bertz CT molecular complexity index is 1920. The number of ether oxygens (including phenoxy) is 4. The molecule has 0 aliphatic rings. The molecular weight excluding hydrogens is 1290 g/mol. The van der Waals surface area contributed by atoms with Gasteiger partial charge in [0.1, 0.15) is 19.3 Å². The summed E-state index contributed by atoms with van der Waals surface area (Å²) in [5.74, 6) is 0.171. The van der Waals surface area contributed by atoms with Crippen molar-refractivity contribution < 1.29 is 80.2 Å². The second kappa shape index (κ2) is 70.4. The molecule has 0 aromatic heterocycles. The van der Waals surface area contributed by atoms with Gasteiger partial charge >= 0.3 is 39.5 Å². The van der Waals surface area contributed by atoms with Crippen LogP contribution < -0.4 is 0 Å². The van der Waals surface area contributed by atoms with E-state index in [1.807, 2.05) is 0 Å². The van der Waals surface area contributed by atoms with E-state index >= 15 is 0 Å². The van der Waals surface area contributed by atoms with Crippen molar-refractivity contribution in [2.45, 2.75) is 433 Å². The van der Waals surface area contributed by atoms with Crippen molar-refractivity contribution in [3.05, 3.63) is 0 Å². The predicted molar refractivity (Wildman–Crippen MR) is 405 cm³/mol. The van der Waals surface area contributed by atoms with Crippen LogP contribution >= 0.6 is 15.6 Å². The van der Waals surface area contributed by atoms with Gasteiger partial charge in [0, 0.05) is 25.7 Å². The third kappa shape index (κ3) is 74.1. The molecule has 588 valence electrons. The second-order valence-corrected chi connectivity index (χ2v) is 33.1. The van der Waals surface area contributed by atoms with Crippen LogP contribution in [0.1, 0.15) is 414 Å². The summed E-state index contributed by atoms with van der Waals surface area (Å²) in [6, 6.07) is 0. The van der Waals surface area contributed by atoms with Crippen molar-refractivity contribution in [1.29, 1.82) is 0 Å². The molecule has 0 aromatic carbocycles. The van der Waals surface area contributed by atoms with Gasteiger partial charge in [0.2, 0.25) is 0 Å². The Morgan fingerprint density at radius 2 is 0.465 bits per heavy atom. The molecule has 0 radical (unpaired) electrons. The first-order valence-electron chi connectivity index (χ1n) is 41.3. The van der Waals surface area contributed by atoms with E-state index in [9.17, 15) is 43.2 Å². The monoisotopic (exact) mass is 1450 g/mol.